The number of carbonyl (C=O) groups is 2. The number of ether oxygens (including phenoxy) is 1. The topological polar surface area (TPSA) is 71.5 Å². The van der Waals surface area contributed by atoms with E-state index >= 15 is 0 Å². The van der Waals surface area contributed by atoms with Crippen molar-refractivity contribution in [1.29, 1.82) is 0 Å². The fraction of sp³-hybridized carbons (Fsp3) is 0.261. The Morgan fingerprint density at radius 3 is 2.45 bits per heavy atom. The number of hydrogen-bond acceptors (Lipinski definition) is 4. The maximum atomic E-state index is 12.6. The predicted molar refractivity (Wildman–Crippen MR) is 115 cm³/mol. The average molecular weight is 391 g/mol. The van der Waals surface area contributed by atoms with Gasteiger partial charge >= 0.3 is 6.09 Å². The van der Waals surface area contributed by atoms with Crippen molar-refractivity contribution in [1.82, 2.24) is 4.98 Å². The predicted octanol–water partition coefficient (Wildman–Crippen LogP) is 4.63. The van der Waals surface area contributed by atoms with Crippen molar-refractivity contribution >= 4 is 34.3 Å². The van der Waals surface area contributed by atoms with E-state index < -0.39 is 6.09 Å². The van der Waals surface area contributed by atoms with Crippen LogP contribution in [0.5, 0.6) is 0 Å². The Hall–Kier alpha value is -3.41. The number of fused-ring (bicyclic) bond motifs is 1. The molecule has 0 aliphatic carbocycles. The summed E-state index contributed by atoms with van der Waals surface area (Å²) in [5.41, 5.74) is 5.18. The van der Waals surface area contributed by atoms with Gasteiger partial charge in [-0.3, -0.25) is 14.7 Å². The molecule has 3 rings (SSSR count). The Labute approximate surface area is 170 Å². The van der Waals surface area contributed by atoms with Crippen molar-refractivity contribution in [3.8, 4) is 0 Å². The minimum absolute atomic E-state index is 0.111. The molecule has 0 aliphatic heterocycles. The normalized spacial score (nSPS) is 10.6. The van der Waals surface area contributed by atoms with Crippen LogP contribution in [0.25, 0.3) is 10.9 Å². The number of hydrogen-bond donors (Lipinski definition) is 1. The summed E-state index contributed by atoms with van der Waals surface area (Å²) in [5.74, 6) is -0.111. The van der Waals surface area contributed by atoms with Crippen molar-refractivity contribution in [2.24, 2.45) is 0 Å². The quantitative estimate of drug-likeness (QED) is 0.689. The van der Waals surface area contributed by atoms with Gasteiger partial charge in [-0.15, -0.1) is 0 Å². The number of aromatic nitrogens is 1. The second-order valence-electron chi connectivity index (χ2n) is 6.85. The Balaban J connectivity index is 1.71. The lowest BCUT2D eigenvalue weighted by Gasteiger charge is -2.17. The summed E-state index contributed by atoms with van der Waals surface area (Å²) in [6, 6.07) is 15.0. The fourth-order valence-corrected chi connectivity index (χ4v) is 3.29. The van der Waals surface area contributed by atoms with Crippen molar-refractivity contribution in [2.45, 2.75) is 27.2 Å². The molecule has 6 nitrogen and oxygen atoms in total. The Bertz CT molecular complexity index is 1050. The molecule has 0 spiro atoms. The highest BCUT2D eigenvalue weighted by Gasteiger charge is 2.14. The van der Waals surface area contributed by atoms with E-state index in [0.717, 1.165) is 27.7 Å². The zero-order valence-electron chi connectivity index (χ0n) is 17.2. The molecule has 0 bridgehead atoms. The van der Waals surface area contributed by atoms with Crippen LogP contribution in [-0.2, 0) is 16.0 Å². The van der Waals surface area contributed by atoms with E-state index in [4.69, 9.17) is 4.74 Å². The van der Waals surface area contributed by atoms with E-state index in [1.807, 2.05) is 38.1 Å². The van der Waals surface area contributed by atoms with Gasteiger partial charge in [-0.25, -0.2) is 4.79 Å². The molecular formula is C23H25N3O3. The third-order valence-electron chi connectivity index (χ3n) is 4.90. The standard InChI is InChI=1S/C23H25N3O3/c1-5-29-23(28)26(4)18-12-10-17(11-13-18)25-22(27)14-20-15(2)19-8-6-7-9-21(19)24-16(20)3/h6-13H,5,14H2,1-4H3,(H,25,27). The van der Waals surface area contributed by atoms with Crippen LogP contribution in [-0.4, -0.2) is 30.6 Å². The largest absolute Gasteiger partial charge is 0.449 e. The fourth-order valence-electron chi connectivity index (χ4n) is 3.29. The molecule has 1 N–H and O–H groups in total. The summed E-state index contributed by atoms with van der Waals surface area (Å²) >= 11 is 0. The number of para-hydroxylation sites is 1. The number of carbonyl (C=O) groups excluding carboxylic acids is 2. The van der Waals surface area contributed by atoms with Gasteiger partial charge in [-0.05, 0) is 62.2 Å². The zero-order valence-corrected chi connectivity index (χ0v) is 17.2. The second-order valence-corrected chi connectivity index (χ2v) is 6.85. The summed E-state index contributed by atoms with van der Waals surface area (Å²) in [4.78, 5) is 30.5. The van der Waals surface area contributed by atoms with Gasteiger partial charge in [0.05, 0.1) is 18.5 Å². The lowest BCUT2D eigenvalue weighted by molar-refractivity contribution is -0.115. The van der Waals surface area contributed by atoms with Crippen LogP contribution in [0.15, 0.2) is 48.5 Å². The molecule has 1 aromatic heterocycles. The van der Waals surface area contributed by atoms with Gasteiger partial charge in [0, 0.05) is 29.5 Å². The van der Waals surface area contributed by atoms with Crippen LogP contribution in [0.4, 0.5) is 16.2 Å². The Morgan fingerprint density at radius 2 is 1.76 bits per heavy atom. The second kappa shape index (κ2) is 8.73. The summed E-state index contributed by atoms with van der Waals surface area (Å²) in [5, 5.41) is 3.97. The molecule has 0 aliphatic rings. The zero-order chi connectivity index (χ0) is 21.0. The highest BCUT2D eigenvalue weighted by atomic mass is 16.6. The van der Waals surface area contributed by atoms with Gasteiger partial charge in [-0.1, -0.05) is 18.2 Å². The molecule has 0 saturated carbocycles. The van der Waals surface area contributed by atoms with E-state index in [9.17, 15) is 9.59 Å². The van der Waals surface area contributed by atoms with E-state index in [1.165, 1.54) is 4.90 Å². The smallest absolute Gasteiger partial charge is 0.413 e. The maximum Gasteiger partial charge on any atom is 0.413 e. The van der Waals surface area contributed by atoms with Gasteiger partial charge in [0.1, 0.15) is 0 Å². The molecule has 29 heavy (non-hydrogen) atoms. The molecule has 0 radical (unpaired) electrons. The summed E-state index contributed by atoms with van der Waals surface area (Å²) < 4.78 is 4.98. The number of anilines is 2. The molecule has 2 aromatic carbocycles. The molecule has 6 heteroatoms. The molecule has 3 aromatic rings. The molecule has 0 unspecified atom stereocenters. The van der Waals surface area contributed by atoms with Crippen molar-refractivity contribution < 1.29 is 14.3 Å². The van der Waals surface area contributed by atoms with Crippen LogP contribution >= 0.6 is 0 Å². The first-order valence-electron chi connectivity index (χ1n) is 9.56. The Morgan fingerprint density at radius 1 is 1.07 bits per heavy atom. The molecule has 150 valence electrons. The van der Waals surface area contributed by atoms with Crippen molar-refractivity contribution in [2.75, 3.05) is 23.9 Å². The van der Waals surface area contributed by atoms with Crippen molar-refractivity contribution in [3.63, 3.8) is 0 Å². The lowest BCUT2D eigenvalue weighted by Crippen LogP contribution is -2.26. The molecule has 0 atom stereocenters. The molecule has 1 heterocycles. The van der Waals surface area contributed by atoms with Crippen LogP contribution < -0.4 is 10.2 Å². The molecule has 0 fully saturated rings. The summed E-state index contributed by atoms with van der Waals surface area (Å²) in [6.07, 6.45) is -0.168. The number of nitrogens with one attached hydrogen (secondary N) is 1. The lowest BCUT2D eigenvalue weighted by atomic mass is 9.99. The van der Waals surface area contributed by atoms with Gasteiger partial charge < -0.3 is 10.1 Å². The van der Waals surface area contributed by atoms with Crippen LogP contribution in [0.1, 0.15) is 23.7 Å². The van der Waals surface area contributed by atoms with E-state index in [-0.39, 0.29) is 12.3 Å². The molecule has 2 amide bonds. The number of pyridine rings is 1. The van der Waals surface area contributed by atoms with Gasteiger partial charge in [0.2, 0.25) is 5.91 Å². The minimum Gasteiger partial charge on any atom is -0.449 e. The van der Waals surface area contributed by atoms with Crippen molar-refractivity contribution in [3.05, 3.63) is 65.4 Å². The van der Waals surface area contributed by atoms with E-state index in [1.54, 1.807) is 38.2 Å². The monoisotopic (exact) mass is 391 g/mol. The van der Waals surface area contributed by atoms with Crippen LogP contribution in [0, 0.1) is 13.8 Å². The van der Waals surface area contributed by atoms with Crippen LogP contribution in [0.2, 0.25) is 0 Å². The number of benzene rings is 2. The summed E-state index contributed by atoms with van der Waals surface area (Å²) in [7, 11) is 1.64. The minimum atomic E-state index is -0.418. The third-order valence-corrected chi connectivity index (χ3v) is 4.90. The summed E-state index contributed by atoms with van der Waals surface area (Å²) in [6.45, 7) is 6.04. The number of rotatable bonds is 5. The van der Waals surface area contributed by atoms with Gasteiger partial charge in [-0.2, -0.15) is 0 Å². The maximum absolute atomic E-state index is 12.6. The first-order valence-corrected chi connectivity index (χ1v) is 9.56. The number of aryl methyl sites for hydroxylation is 2. The van der Waals surface area contributed by atoms with Crippen LogP contribution in [0.3, 0.4) is 0 Å². The highest BCUT2D eigenvalue weighted by molar-refractivity contribution is 5.94. The number of nitrogens with zero attached hydrogens (tertiary/aromatic N) is 2. The SMILES string of the molecule is CCOC(=O)N(C)c1ccc(NC(=O)Cc2c(C)nc3ccccc3c2C)cc1. The number of amides is 2. The average Bonchev–Trinajstić information content (AvgIpc) is 2.71. The van der Waals surface area contributed by atoms with Gasteiger partial charge in [0.25, 0.3) is 0 Å². The highest BCUT2D eigenvalue weighted by Crippen LogP contribution is 2.23. The van der Waals surface area contributed by atoms with E-state index in [2.05, 4.69) is 10.3 Å². The van der Waals surface area contributed by atoms with Gasteiger partial charge in [0.15, 0.2) is 0 Å². The van der Waals surface area contributed by atoms with E-state index in [0.29, 0.717) is 18.0 Å². The molecular weight excluding hydrogens is 366 g/mol. The molecule has 0 saturated heterocycles. The third kappa shape index (κ3) is 4.54. The Kier molecular flexibility index (Phi) is 6.12. The first-order chi connectivity index (χ1) is 13.9. The first kappa shape index (κ1) is 20.3.